The fourth-order valence-electron chi connectivity index (χ4n) is 3.96. The van der Waals surface area contributed by atoms with Crippen molar-refractivity contribution < 1.29 is 23.9 Å². The van der Waals surface area contributed by atoms with Gasteiger partial charge in [-0.2, -0.15) is 0 Å². The van der Waals surface area contributed by atoms with Crippen molar-refractivity contribution in [2.45, 2.75) is 58.2 Å². The molecule has 9 nitrogen and oxygen atoms in total. The van der Waals surface area contributed by atoms with Crippen LogP contribution in [0.5, 0.6) is 0 Å². The SMILES string of the molecule is C#Cc1ccccc1C(C(=O)Nc1c(C)cccc1Cl)N(CC=C)C(=O)C(CCC(N)=O)NC(=O)OC(C)(C)C. The van der Waals surface area contributed by atoms with E-state index in [1.54, 1.807) is 70.2 Å². The highest BCUT2D eigenvalue weighted by molar-refractivity contribution is 6.34. The second-order valence-electron chi connectivity index (χ2n) is 10.0. The van der Waals surface area contributed by atoms with Gasteiger partial charge in [0.25, 0.3) is 5.91 Å². The number of anilines is 1. The number of carbonyl (C=O) groups is 4. The van der Waals surface area contributed by atoms with Crippen LogP contribution in [0.2, 0.25) is 5.02 Å². The quantitative estimate of drug-likeness (QED) is 0.272. The molecule has 0 fully saturated rings. The summed E-state index contributed by atoms with van der Waals surface area (Å²) >= 11 is 6.37. The molecule has 2 aromatic carbocycles. The van der Waals surface area contributed by atoms with E-state index in [1.807, 2.05) is 0 Å². The summed E-state index contributed by atoms with van der Waals surface area (Å²) in [4.78, 5) is 53.4. The van der Waals surface area contributed by atoms with Gasteiger partial charge >= 0.3 is 6.09 Å². The monoisotopic (exact) mass is 566 g/mol. The highest BCUT2D eigenvalue weighted by Crippen LogP contribution is 2.31. The number of para-hydroxylation sites is 1. The van der Waals surface area contributed by atoms with Gasteiger partial charge in [-0.05, 0) is 57.4 Å². The molecule has 2 unspecified atom stereocenters. The summed E-state index contributed by atoms with van der Waals surface area (Å²) in [5, 5.41) is 5.66. The van der Waals surface area contributed by atoms with Crippen molar-refractivity contribution in [1.29, 1.82) is 0 Å². The summed E-state index contributed by atoms with van der Waals surface area (Å²) in [7, 11) is 0. The highest BCUT2D eigenvalue weighted by atomic mass is 35.5. The molecule has 4 N–H and O–H groups in total. The van der Waals surface area contributed by atoms with Crippen molar-refractivity contribution in [1.82, 2.24) is 10.2 Å². The van der Waals surface area contributed by atoms with E-state index in [0.717, 1.165) is 0 Å². The molecule has 0 heterocycles. The third kappa shape index (κ3) is 8.89. The Morgan fingerprint density at radius 2 is 1.85 bits per heavy atom. The molecule has 2 aromatic rings. The van der Waals surface area contributed by atoms with Crippen LogP contribution in [0.1, 0.15) is 56.3 Å². The Balaban J connectivity index is 2.62. The number of aryl methyl sites for hydroxylation is 1. The smallest absolute Gasteiger partial charge is 0.408 e. The number of rotatable bonds is 11. The summed E-state index contributed by atoms with van der Waals surface area (Å²) in [6, 6.07) is 9.34. The molecule has 0 aliphatic rings. The van der Waals surface area contributed by atoms with Crippen LogP contribution < -0.4 is 16.4 Å². The number of terminal acetylenes is 1. The van der Waals surface area contributed by atoms with Gasteiger partial charge in [-0.1, -0.05) is 53.9 Å². The van der Waals surface area contributed by atoms with Gasteiger partial charge < -0.3 is 26.0 Å². The Kier molecular flexibility index (Phi) is 11.3. The first-order valence-electron chi connectivity index (χ1n) is 12.6. The Labute approximate surface area is 240 Å². The Hall–Kier alpha value is -4.29. The fraction of sp³-hybridized carbons (Fsp3) is 0.333. The molecule has 0 aliphatic heterocycles. The van der Waals surface area contributed by atoms with Crippen molar-refractivity contribution in [2.24, 2.45) is 5.73 Å². The van der Waals surface area contributed by atoms with Crippen LogP contribution >= 0.6 is 11.6 Å². The van der Waals surface area contributed by atoms with Gasteiger partial charge in [0, 0.05) is 18.5 Å². The zero-order valence-corrected chi connectivity index (χ0v) is 23.9. The minimum absolute atomic E-state index is 0.0968. The van der Waals surface area contributed by atoms with Crippen LogP contribution in [0.4, 0.5) is 10.5 Å². The van der Waals surface area contributed by atoms with E-state index in [9.17, 15) is 19.2 Å². The lowest BCUT2D eigenvalue weighted by molar-refractivity contribution is -0.140. The minimum atomic E-state index is -1.26. The molecular weight excluding hydrogens is 532 g/mol. The molecule has 0 aromatic heterocycles. The molecule has 2 atom stereocenters. The van der Waals surface area contributed by atoms with Crippen LogP contribution in [0.3, 0.4) is 0 Å². The number of benzene rings is 2. The first-order chi connectivity index (χ1) is 18.8. The topological polar surface area (TPSA) is 131 Å². The second kappa shape index (κ2) is 14.2. The van der Waals surface area contributed by atoms with Crippen LogP contribution in [-0.4, -0.2) is 46.9 Å². The minimum Gasteiger partial charge on any atom is -0.444 e. The molecule has 2 rings (SSSR count). The summed E-state index contributed by atoms with van der Waals surface area (Å²) in [6.07, 6.45) is 5.99. The number of alkyl carbamates (subject to hydrolysis) is 1. The maximum Gasteiger partial charge on any atom is 0.408 e. The zero-order chi connectivity index (χ0) is 30.0. The van der Waals surface area contributed by atoms with Crippen molar-refractivity contribution in [3.8, 4) is 12.3 Å². The summed E-state index contributed by atoms with van der Waals surface area (Å²) in [5.41, 5.74) is 6.33. The average Bonchev–Trinajstić information content (AvgIpc) is 2.87. The standard InChI is InChI=1S/C30H35ClN4O5/c1-7-18-35(28(38)23(16-17-24(32)36)33-29(39)40-30(4,5)6)26(21-14-10-9-13-20(21)8-2)27(37)34-25-19(3)12-11-15-22(25)31/h2,7,9-15,23,26H,1,16-18H2,3-6H3,(H2,32,36)(H,33,39)(H,34,37). The van der Waals surface area contributed by atoms with Crippen molar-refractivity contribution in [3.63, 3.8) is 0 Å². The van der Waals surface area contributed by atoms with Gasteiger partial charge in [-0.25, -0.2) is 4.79 Å². The molecule has 0 radical (unpaired) electrons. The number of nitrogens with two attached hydrogens (primary N) is 1. The van der Waals surface area contributed by atoms with Gasteiger partial charge in [-0.3, -0.25) is 14.4 Å². The zero-order valence-electron chi connectivity index (χ0n) is 23.1. The number of nitrogens with one attached hydrogen (secondary N) is 2. The normalized spacial score (nSPS) is 12.3. The number of nitrogens with zero attached hydrogens (tertiary/aromatic N) is 1. The van der Waals surface area contributed by atoms with Crippen molar-refractivity contribution in [2.75, 3.05) is 11.9 Å². The lowest BCUT2D eigenvalue weighted by atomic mass is 9.96. The van der Waals surface area contributed by atoms with E-state index in [4.69, 9.17) is 28.5 Å². The van der Waals surface area contributed by atoms with E-state index in [0.29, 0.717) is 27.4 Å². The predicted octanol–water partition coefficient (Wildman–Crippen LogP) is 4.48. The third-order valence-electron chi connectivity index (χ3n) is 5.72. The summed E-state index contributed by atoms with van der Waals surface area (Å²) in [5.74, 6) is 0.625. The largest absolute Gasteiger partial charge is 0.444 e. The number of primary amides is 1. The lowest BCUT2D eigenvalue weighted by Crippen LogP contribution is -2.52. The Morgan fingerprint density at radius 3 is 2.42 bits per heavy atom. The van der Waals surface area contributed by atoms with Crippen molar-refractivity contribution >= 4 is 41.1 Å². The maximum absolute atomic E-state index is 14.1. The van der Waals surface area contributed by atoms with Crippen LogP contribution in [0, 0.1) is 19.3 Å². The Morgan fingerprint density at radius 1 is 1.18 bits per heavy atom. The van der Waals surface area contributed by atoms with Crippen LogP contribution in [0.25, 0.3) is 0 Å². The third-order valence-corrected chi connectivity index (χ3v) is 6.03. The number of amides is 4. The number of ether oxygens (including phenoxy) is 1. The van der Waals surface area contributed by atoms with Gasteiger partial charge in [0.05, 0.1) is 10.7 Å². The van der Waals surface area contributed by atoms with E-state index in [-0.39, 0.29) is 19.4 Å². The van der Waals surface area contributed by atoms with E-state index in [1.165, 1.54) is 11.0 Å². The van der Waals surface area contributed by atoms with E-state index < -0.39 is 41.5 Å². The molecule has 0 bridgehead atoms. The molecule has 212 valence electrons. The average molecular weight is 567 g/mol. The molecule has 0 spiro atoms. The highest BCUT2D eigenvalue weighted by Gasteiger charge is 2.37. The molecule has 0 aliphatic carbocycles. The number of hydrogen-bond donors (Lipinski definition) is 3. The van der Waals surface area contributed by atoms with Crippen LogP contribution in [0.15, 0.2) is 55.1 Å². The first kappa shape index (κ1) is 31.9. The summed E-state index contributed by atoms with van der Waals surface area (Å²) < 4.78 is 5.32. The summed E-state index contributed by atoms with van der Waals surface area (Å²) in [6.45, 7) is 10.4. The Bertz CT molecular complexity index is 1290. The van der Waals surface area contributed by atoms with Gasteiger partial charge in [-0.15, -0.1) is 13.0 Å². The van der Waals surface area contributed by atoms with Crippen molar-refractivity contribution in [3.05, 3.63) is 76.8 Å². The fourth-order valence-corrected chi connectivity index (χ4v) is 4.22. The maximum atomic E-state index is 14.1. The second-order valence-corrected chi connectivity index (χ2v) is 10.4. The first-order valence-corrected chi connectivity index (χ1v) is 13.0. The molecular formula is C30H35ClN4O5. The van der Waals surface area contributed by atoms with E-state index in [2.05, 4.69) is 23.1 Å². The molecule has 4 amide bonds. The molecule has 0 saturated carbocycles. The molecule has 0 saturated heterocycles. The number of hydrogen-bond acceptors (Lipinski definition) is 5. The van der Waals surface area contributed by atoms with Gasteiger partial charge in [0.1, 0.15) is 17.7 Å². The lowest BCUT2D eigenvalue weighted by Gasteiger charge is -2.34. The van der Waals surface area contributed by atoms with E-state index >= 15 is 0 Å². The number of carbonyl (C=O) groups excluding carboxylic acids is 4. The van der Waals surface area contributed by atoms with Gasteiger partial charge in [0.2, 0.25) is 11.8 Å². The van der Waals surface area contributed by atoms with Gasteiger partial charge in [0.15, 0.2) is 0 Å². The molecule has 40 heavy (non-hydrogen) atoms. The van der Waals surface area contributed by atoms with Crippen LogP contribution in [-0.2, 0) is 19.1 Å². The number of halogens is 1. The predicted molar refractivity (Wildman–Crippen MR) is 155 cm³/mol. The molecule has 10 heteroatoms.